The van der Waals surface area contributed by atoms with Gasteiger partial charge in [-0.15, -0.1) is 0 Å². The Hall–Kier alpha value is 0.230. The highest BCUT2D eigenvalue weighted by molar-refractivity contribution is 7.99. The largest absolute Gasteiger partial charge is 0.366 e. The summed E-state index contributed by atoms with van der Waals surface area (Å²) in [5, 5.41) is 17.8. The third-order valence-corrected chi connectivity index (χ3v) is 2.28. The lowest BCUT2D eigenvalue weighted by Crippen LogP contribution is -2.32. The fourth-order valence-corrected chi connectivity index (χ4v) is 1.84. The summed E-state index contributed by atoms with van der Waals surface area (Å²) < 4.78 is 0. The second-order valence-electron chi connectivity index (χ2n) is 2.09. The Kier molecular flexibility index (Phi) is 5.07. The molecule has 1 fully saturated rings. The van der Waals surface area contributed by atoms with Crippen molar-refractivity contribution in [3.8, 4) is 0 Å². The summed E-state index contributed by atoms with van der Waals surface area (Å²) in [4.78, 5) is 0. The van der Waals surface area contributed by atoms with Crippen molar-refractivity contribution in [2.24, 2.45) is 5.73 Å². The Morgan fingerprint density at radius 3 is 1.80 bits per heavy atom. The first-order valence-electron chi connectivity index (χ1n) is 3.31. The number of hydrogen-bond donors (Lipinski definition) is 3. The van der Waals surface area contributed by atoms with E-state index in [2.05, 4.69) is 5.73 Å². The van der Waals surface area contributed by atoms with Crippen molar-refractivity contribution in [1.29, 1.82) is 0 Å². The Balaban J connectivity index is 0.000000371. The van der Waals surface area contributed by atoms with Gasteiger partial charge in [0.2, 0.25) is 0 Å². The number of aliphatic hydroxyl groups is 2. The normalized spacial score (nSPS) is 22.8. The third-order valence-electron chi connectivity index (χ3n) is 1.29. The average Bonchev–Trinajstić information content (AvgIpc) is 1.92. The molecule has 0 saturated carbocycles. The molecule has 0 amide bonds. The van der Waals surface area contributed by atoms with Crippen molar-refractivity contribution in [3.05, 3.63) is 0 Å². The quantitative estimate of drug-likeness (QED) is 0.434. The van der Waals surface area contributed by atoms with E-state index in [0.29, 0.717) is 12.8 Å². The first-order valence-corrected chi connectivity index (χ1v) is 4.46. The molecule has 10 heavy (non-hydrogen) atoms. The van der Waals surface area contributed by atoms with E-state index in [-0.39, 0.29) is 0 Å². The molecule has 0 spiro atoms. The fraction of sp³-hybridized carbons (Fsp3) is 1.00. The highest BCUT2D eigenvalue weighted by atomic mass is 32.2. The summed E-state index contributed by atoms with van der Waals surface area (Å²) in [7, 11) is 1.50. The van der Waals surface area contributed by atoms with E-state index in [4.69, 9.17) is 10.2 Å². The minimum atomic E-state index is -1.34. The van der Waals surface area contributed by atoms with Gasteiger partial charge in [0, 0.05) is 12.8 Å². The minimum Gasteiger partial charge on any atom is -0.366 e. The molecule has 62 valence electrons. The maximum atomic E-state index is 8.92. The minimum absolute atomic E-state index is 0.525. The molecule has 1 heterocycles. The van der Waals surface area contributed by atoms with Crippen molar-refractivity contribution >= 4 is 11.8 Å². The Labute approximate surface area is 65.6 Å². The lowest BCUT2D eigenvalue weighted by atomic mass is 10.1. The highest BCUT2D eigenvalue weighted by Crippen LogP contribution is 2.23. The number of thioether (sulfide) groups is 1. The third kappa shape index (κ3) is 4.11. The zero-order valence-corrected chi connectivity index (χ0v) is 7.02. The van der Waals surface area contributed by atoms with Crippen LogP contribution >= 0.6 is 11.8 Å². The van der Waals surface area contributed by atoms with Crippen LogP contribution in [-0.4, -0.2) is 34.6 Å². The lowest BCUT2D eigenvalue weighted by Gasteiger charge is -2.25. The van der Waals surface area contributed by atoms with Crippen LogP contribution in [0.2, 0.25) is 0 Å². The van der Waals surface area contributed by atoms with Gasteiger partial charge in [0.1, 0.15) is 0 Å². The van der Waals surface area contributed by atoms with Gasteiger partial charge in [-0.2, -0.15) is 11.8 Å². The molecule has 1 aliphatic heterocycles. The molecule has 0 aliphatic carbocycles. The van der Waals surface area contributed by atoms with Crippen LogP contribution in [0.25, 0.3) is 0 Å². The van der Waals surface area contributed by atoms with Crippen molar-refractivity contribution in [3.63, 3.8) is 0 Å². The van der Waals surface area contributed by atoms with Gasteiger partial charge in [-0.05, 0) is 18.6 Å². The molecular formula is C6H15NO2S. The van der Waals surface area contributed by atoms with E-state index in [1.54, 1.807) is 11.8 Å². The van der Waals surface area contributed by atoms with Crippen LogP contribution in [0, 0.1) is 0 Å². The van der Waals surface area contributed by atoms with Crippen molar-refractivity contribution < 1.29 is 10.2 Å². The average molecular weight is 165 g/mol. The highest BCUT2D eigenvalue weighted by Gasteiger charge is 2.25. The fourth-order valence-electron chi connectivity index (χ4n) is 0.698. The predicted molar refractivity (Wildman–Crippen MR) is 43.8 cm³/mol. The van der Waals surface area contributed by atoms with E-state index in [9.17, 15) is 0 Å². The van der Waals surface area contributed by atoms with Gasteiger partial charge in [0.05, 0.1) is 0 Å². The van der Waals surface area contributed by atoms with Gasteiger partial charge in [-0.1, -0.05) is 0 Å². The van der Waals surface area contributed by atoms with Crippen LogP contribution in [0.3, 0.4) is 0 Å². The van der Waals surface area contributed by atoms with Gasteiger partial charge in [0.25, 0.3) is 0 Å². The summed E-state index contributed by atoms with van der Waals surface area (Å²) >= 11 is 1.78. The monoisotopic (exact) mass is 165 g/mol. The van der Waals surface area contributed by atoms with Crippen molar-refractivity contribution in [1.82, 2.24) is 0 Å². The number of hydrogen-bond acceptors (Lipinski definition) is 4. The summed E-state index contributed by atoms with van der Waals surface area (Å²) in [6, 6.07) is 0. The van der Waals surface area contributed by atoms with Crippen LogP contribution in [0.5, 0.6) is 0 Å². The molecule has 0 aromatic rings. The van der Waals surface area contributed by atoms with E-state index < -0.39 is 5.79 Å². The smallest absolute Gasteiger partial charge is 0.164 e. The number of nitrogens with two attached hydrogens (primary N) is 1. The summed E-state index contributed by atoms with van der Waals surface area (Å²) in [6.07, 6.45) is 1.05. The van der Waals surface area contributed by atoms with Gasteiger partial charge in [-0.3, -0.25) is 0 Å². The summed E-state index contributed by atoms with van der Waals surface area (Å²) in [5.41, 5.74) is 4.50. The molecule has 0 aromatic heterocycles. The molecule has 0 radical (unpaired) electrons. The van der Waals surface area contributed by atoms with Crippen LogP contribution in [0.4, 0.5) is 0 Å². The van der Waals surface area contributed by atoms with Gasteiger partial charge in [-0.25, -0.2) is 0 Å². The second kappa shape index (κ2) is 4.96. The first-order chi connectivity index (χ1) is 4.71. The zero-order valence-electron chi connectivity index (χ0n) is 6.21. The zero-order chi connectivity index (χ0) is 8.04. The maximum Gasteiger partial charge on any atom is 0.164 e. The Morgan fingerprint density at radius 1 is 1.20 bits per heavy atom. The summed E-state index contributed by atoms with van der Waals surface area (Å²) in [6.45, 7) is 0. The van der Waals surface area contributed by atoms with Gasteiger partial charge < -0.3 is 15.9 Å². The lowest BCUT2D eigenvalue weighted by molar-refractivity contribution is -0.163. The van der Waals surface area contributed by atoms with E-state index in [0.717, 1.165) is 11.5 Å². The SMILES string of the molecule is CN.OC1(O)CCSCC1. The standard InChI is InChI=1S/C5H10O2S.CH5N/c6-5(7)1-3-8-4-2-5;1-2/h6-7H,1-4H2;2H2,1H3. The molecule has 1 rings (SSSR count). The summed E-state index contributed by atoms with van der Waals surface area (Å²) in [5.74, 6) is 0.422. The van der Waals surface area contributed by atoms with Crippen molar-refractivity contribution in [2.75, 3.05) is 18.6 Å². The molecule has 3 nitrogen and oxygen atoms in total. The molecular weight excluding hydrogens is 150 g/mol. The topological polar surface area (TPSA) is 66.5 Å². The molecule has 0 atom stereocenters. The van der Waals surface area contributed by atoms with Gasteiger partial charge in [0.15, 0.2) is 5.79 Å². The van der Waals surface area contributed by atoms with Crippen LogP contribution in [-0.2, 0) is 0 Å². The maximum absolute atomic E-state index is 8.92. The van der Waals surface area contributed by atoms with Crippen LogP contribution in [0.15, 0.2) is 0 Å². The molecule has 4 heteroatoms. The first kappa shape index (κ1) is 10.2. The van der Waals surface area contributed by atoms with Crippen molar-refractivity contribution in [2.45, 2.75) is 18.6 Å². The Morgan fingerprint density at radius 2 is 1.60 bits per heavy atom. The predicted octanol–water partition coefficient (Wildman–Crippen LogP) is -0.231. The molecule has 1 saturated heterocycles. The molecule has 0 bridgehead atoms. The van der Waals surface area contributed by atoms with E-state index >= 15 is 0 Å². The second-order valence-corrected chi connectivity index (χ2v) is 3.32. The molecule has 0 unspecified atom stereocenters. The van der Waals surface area contributed by atoms with Crippen LogP contribution in [0.1, 0.15) is 12.8 Å². The number of rotatable bonds is 0. The van der Waals surface area contributed by atoms with E-state index in [1.807, 2.05) is 0 Å². The van der Waals surface area contributed by atoms with Crippen LogP contribution < -0.4 is 5.73 Å². The molecule has 1 aliphatic rings. The Bertz CT molecular complexity index is 79.8. The van der Waals surface area contributed by atoms with E-state index in [1.165, 1.54) is 7.05 Å². The molecule has 0 aromatic carbocycles. The molecule has 4 N–H and O–H groups in total. The van der Waals surface area contributed by atoms with Gasteiger partial charge >= 0.3 is 0 Å².